The number of H-pyrrole nitrogens is 1. The highest BCUT2D eigenvalue weighted by Gasteiger charge is 2.04. The number of hydrogen-bond acceptors (Lipinski definition) is 2. The Kier molecular flexibility index (Phi) is 1.64. The van der Waals surface area contributed by atoms with Crippen LogP contribution in [0.1, 0.15) is 0 Å². The molecule has 14 heavy (non-hydrogen) atoms. The minimum absolute atomic E-state index is 0.928. The third-order valence-electron chi connectivity index (χ3n) is 2.06. The van der Waals surface area contributed by atoms with Crippen LogP contribution < -0.4 is 0 Å². The Balaban J connectivity index is 2.24. The summed E-state index contributed by atoms with van der Waals surface area (Å²) in [6, 6.07) is 13.0. The van der Waals surface area contributed by atoms with Crippen molar-refractivity contribution < 1.29 is 0 Å². The first-order valence-corrected chi connectivity index (χ1v) is 5.22. The van der Waals surface area contributed by atoms with Crippen LogP contribution in [0.3, 0.4) is 0 Å². The second kappa shape index (κ2) is 2.96. The summed E-state index contributed by atoms with van der Waals surface area (Å²) in [6.45, 7) is 0. The van der Waals surface area contributed by atoms with E-state index < -0.39 is 0 Å². The summed E-state index contributed by atoms with van der Waals surface area (Å²) in [5.74, 6) is 0.928. The van der Waals surface area contributed by atoms with E-state index in [-0.39, 0.29) is 0 Å². The molecule has 0 fully saturated rings. The summed E-state index contributed by atoms with van der Waals surface area (Å²) in [7, 11) is 0. The van der Waals surface area contributed by atoms with Crippen molar-refractivity contribution in [3.05, 3.63) is 41.8 Å². The Morgan fingerprint density at radius 2 is 2.29 bits per heavy atom. The van der Waals surface area contributed by atoms with E-state index in [1.165, 1.54) is 0 Å². The van der Waals surface area contributed by atoms with Crippen molar-refractivity contribution >= 4 is 22.4 Å². The Morgan fingerprint density at radius 1 is 1.29 bits per heavy atom. The molecule has 0 atom stereocenters. The van der Waals surface area contributed by atoms with Gasteiger partial charge in [0.1, 0.15) is 5.82 Å². The fourth-order valence-electron chi connectivity index (χ4n) is 1.42. The smallest absolute Gasteiger partial charge is 0.148 e. The summed E-state index contributed by atoms with van der Waals surface area (Å²) in [5, 5.41) is 2.05. The van der Waals surface area contributed by atoms with Crippen molar-refractivity contribution in [2.24, 2.45) is 0 Å². The second-order valence-corrected chi connectivity index (χ2v) is 3.94. The maximum Gasteiger partial charge on any atom is 0.148 e. The standard InChI is InChI=1S/C11H7N2S/c1-2-5-9-8(4-1)12-11(13-9)10-6-3-7-14-10/h1-4,6-7H,(H,12,13). The van der Waals surface area contributed by atoms with Crippen LogP contribution in [0.5, 0.6) is 0 Å². The number of nitrogens with one attached hydrogen (secondary N) is 1. The molecule has 2 nitrogen and oxygen atoms in total. The second-order valence-electron chi connectivity index (χ2n) is 2.99. The Bertz CT molecular complexity index is 518. The fraction of sp³-hybridized carbons (Fsp3) is 0. The van der Waals surface area contributed by atoms with E-state index in [9.17, 15) is 0 Å². The van der Waals surface area contributed by atoms with E-state index in [0.717, 1.165) is 21.7 Å². The average molecular weight is 199 g/mol. The topological polar surface area (TPSA) is 28.7 Å². The molecule has 0 aliphatic carbocycles. The van der Waals surface area contributed by atoms with Crippen LogP contribution >= 0.6 is 11.3 Å². The monoisotopic (exact) mass is 199 g/mol. The van der Waals surface area contributed by atoms with Crippen LogP contribution in [-0.2, 0) is 0 Å². The summed E-state index contributed by atoms with van der Waals surface area (Å²) < 4.78 is 0. The Hall–Kier alpha value is -1.61. The molecular weight excluding hydrogens is 192 g/mol. The zero-order valence-electron chi connectivity index (χ0n) is 7.32. The molecule has 1 aromatic carbocycles. The Morgan fingerprint density at radius 3 is 3.07 bits per heavy atom. The highest BCUT2D eigenvalue weighted by atomic mass is 32.1. The van der Waals surface area contributed by atoms with Gasteiger partial charge in [-0.3, -0.25) is 0 Å². The minimum Gasteiger partial charge on any atom is -0.337 e. The number of thiophene rings is 1. The highest BCUT2D eigenvalue weighted by Crippen LogP contribution is 2.23. The lowest BCUT2D eigenvalue weighted by Gasteiger charge is -1.85. The number of imidazole rings is 1. The van der Waals surface area contributed by atoms with Crippen LogP contribution in [-0.4, -0.2) is 9.97 Å². The van der Waals surface area contributed by atoms with Crippen molar-refractivity contribution in [1.29, 1.82) is 0 Å². The number of aromatic amines is 1. The molecule has 3 rings (SSSR count). The third kappa shape index (κ3) is 1.14. The predicted molar refractivity (Wildman–Crippen MR) is 58.2 cm³/mol. The molecule has 0 bridgehead atoms. The normalized spacial score (nSPS) is 10.9. The fourth-order valence-corrected chi connectivity index (χ4v) is 2.09. The summed E-state index contributed by atoms with van der Waals surface area (Å²) >= 11 is 1.68. The van der Waals surface area contributed by atoms with Gasteiger partial charge in [0.25, 0.3) is 0 Å². The molecule has 0 spiro atoms. The van der Waals surface area contributed by atoms with E-state index in [0.29, 0.717) is 0 Å². The highest BCUT2D eigenvalue weighted by molar-refractivity contribution is 7.13. The van der Waals surface area contributed by atoms with Crippen molar-refractivity contribution in [2.75, 3.05) is 0 Å². The van der Waals surface area contributed by atoms with Gasteiger partial charge in [-0.1, -0.05) is 18.2 Å². The molecule has 1 N–H and O–H groups in total. The van der Waals surface area contributed by atoms with Gasteiger partial charge in [-0.15, -0.1) is 11.3 Å². The molecular formula is C11H7N2S. The number of fused-ring (bicyclic) bond motifs is 1. The van der Waals surface area contributed by atoms with Crippen molar-refractivity contribution in [2.45, 2.75) is 0 Å². The van der Waals surface area contributed by atoms with Crippen LogP contribution in [0.4, 0.5) is 0 Å². The maximum atomic E-state index is 4.48. The molecule has 0 aliphatic rings. The zero-order chi connectivity index (χ0) is 9.38. The van der Waals surface area contributed by atoms with Gasteiger partial charge in [0.15, 0.2) is 0 Å². The van der Waals surface area contributed by atoms with Gasteiger partial charge in [-0.25, -0.2) is 4.98 Å². The van der Waals surface area contributed by atoms with E-state index in [1.54, 1.807) is 11.3 Å². The molecule has 0 saturated heterocycles. The molecule has 0 unspecified atom stereocenters. The van der Waals surface area contributed by atoms with Crippen LogP contribution in [0.2, 0.25) is 0 Å². The lowest BCUT2D eigenvalue weighted by atomic mass is 10.3. The van der Waals surface area contributed by atoms with E-state index >= 15 is 0 Å². The maximum absolute atomic E-state index is 4.48. The first-order valence-electron chi connectivity index (χ1n) is 4.34. The number of hydrogen-bond donors (Lipinski definition) is 1. The van der Waals surface area contributed by atoms with Gasteiger partial charge in [0.05, 0.1) is 15.9 Å². The molecule has 2 aromatic heterocycles. The van der Waals surface area contributed by atoms with Crippen molar-refractivity contribution in [1.82, 2.24) is 9.97 Å². The quantitative estimate of drug-likeness (QED) is 0.641. The number of para-hydroxylation sites is 1. The van der Waals surface area contributed by atoms with Gasteiger partial charge in [0, 0.05) is 6.07 Å². The van der Waals surface area contributed by atoms with E-state index in [1.807, 2.05) is 29.6 Å². The number of nitrogens with zero attached hydrogens (tertiary/aromatic N) is 1. The lowest BCUT2D eigenvalue weighted by molar-refractivity contribution is 1.36. The number of benzene rings is 1. The van der Waals surface area contributed by atoms with Crippen molar-refractivity contribution in [3.8, 4) is 10.7 Å². The first kappa shape index (κ1) is 7.76. The lowest BCUT2D eigenvalue weighted by Crippen LogP contribution is -1.72. The average Bonchev–Trinajstić information content (AvgIpc) is 2.86. The first-order chi connectivity index (χ1) is 6.93. The summed E-state index contributed by atoms with van der Waals surface area (Å²) in [6.07, 6.45) is 0. The molecule has 0 aliphatic heterocycles. The largest absolute Gasteiger partial charge is 0.337 e. The molecule has 67 valence electrons. The van der Waals surface area contributed by atoms with Gasteiger partial charge in [-0.05, 0) is 17.5 Å². The number of aromatic nitrogens is 2. The summed E-state index contributed by atoms with van der Waals surface area (Å²) in [4.78, 5) is 8.88. The molecule has 3 aromatic rings. The van der Waals surface area contributed by atoms with Gasteiger partial charge < -0.3 is 4.98 Å². The Labute approximate surface area is 85.2 Å². The third-order valence-corrected chi connectivity index (χ3v) is 2.94. The SMILES string of the molecule is [c]1cccc2nc(-c3cccs3)[nH]c12. The molecule has 0 amide bonds. The van der Waals surface area contributed by atoms with Crippen molar-refractivity contribution in [3.63, 3.8) is 0 Å². The zero-order valence-corrected chi connectivity index (χ0v) is 8.14. The van der Waals surface area contributed by atoms with Crippen LogP contribution in [0, 0.1) is 6.07 Å². The van der Waals surface area contributed by atoms with Gasteiger partial charge >= 0.3 is 0 Å². The number of rotatable bonds is 1. The van der Waals surface area contributed by atoms with Crippen LogP contribution in [0.15, 0.2) is 35.7 Å². The summed E-state index contributed by atoms with van der Waals surface area (Å²) in [5.41, 5.74) is 1.94. The predicted octanol–water partition coefficient (Wildman–Crippen LogP) is 3.09. The molecule has 0 saturated carbocycles. The molecule has 2 heterocycles. The van der Waals surface area contributed by atoms with Gasteiger partial charge in [-0.2, -0.15) is 0 Å². The van der Waals surface area contributed by atoms with Gasteiger partial charge in [0.2, 0.25) is 0 Å². The van der Waals surface area contributed by atoms with Crippen LogP contribution in [0.25, 0.3) is 21.7 Å². The molecule has 3 heteroatoms. The van der Waals surface area contributed by atoms with E-state index in [4.69, 9.17) is 0 Å². The van der Waals surface area contributed by atoms with E-state index in [2.05, 4.69) is 22.1 Å². The molecule has 1 radical (unpaired) electrons. The minimum atomic E-state index is 0.928.